The molecule has 0 spiro atoms. The molecule has 6 atom stereocenters. The monoisotopic (exact) mass is 864 g/mol. The fraction of sp³-hybridized carbons (Fsp3) is 0.581. The summed E-state index contributed by atoms with van der Waals surface area (Å²) < 4.78 is 83.2. The summed E-state index contributed by atoms with van der Waals surface area (Å²) in [7, 11) is 0. The number of amides is 2. The molecule has 0 radical (unpaired) electrons. The summed E-state index contributed by atoms with van der Waals surface area (Å²) in [6.45, 7) is 13.7. The van der Waals surface area contributed by atoms with E-state index in [9.17, 15) is 19.2 Å². The Kier molecular flexibility index (Phi) is 9.85. The molecule has 0 aliphatic carbocycles. The fourth-order valence-corrected chi connectivity index (χ4v) is 11.5. The summed E-state index contributed by atoms with van der Waals surface area (Å²) >= 11 is 0.715. The van der Waals surface area contributed by atoms with Crippen molar-refractivity contribution in [3.8, 4) is 23.3 Å². The molecular formula is C43H48F4N8O5S. The lowest BCUT2D eigenvalue weighted by atomic mass is 9.86. The first-order valence-electron chi connectivity index (χ1n) is 20.8. The van der Waals surface area contributed by atoms with E-state index in [1.54, 1.807) is 25.7 Å². The average Bonchev–Trinajstić information content (AvgIpc) is 3.88. The summed E-state index contributed by atoms with van der Waals surface area (Å²) in [6, 6.07) is 0.775. The van der Waals surface area contributed by atoms with Crippen LogP contribution in [0.3, 0.4) is 0 Å². The van der Waals surface area contributed by atoms with Crippen molar-refractivity contribution in [3.63, 3.8) is 0 Å². The molecule has 4 aromatic rings. The number of piperazine rings is 1. The molecule has 324 valence electrons. The highest BCUT2D eigenvalue weighted by molar-refractivity contribution is 7.23. The number of benzene rings is 1. The average molecular weight is 865 g/mol. The van der Waals surface area contributed by atoms with Gasteiger partial charge in [0.15, 0.2) is 11.6 Å². The molecule has 1 aromatic carbocycles. The van der Waals surface area contributed by atoms with Crippen molar-refractivity contribution in [2.24, 2.45) is 5.92 Å². The zero-order chi connectivity index (χ0) is 43.5. The number of pyridine rings is 1. The van der Waals surface area contributed by atoms with Crippen LogP contribution in [0.1, 0.15) is 91.7 Å². The van der Waals surface area contributed by atoms with Gasteiger partial charge in [-0.1, -0.05) is 6.92 Å². The van der Waals surface area contributed by atoms with Gasteiger partial charge in [-0.15, -0.1) is 11.3 Å². The molecule has 2 bridgehead atoms. The summed E-state index contributed by atoms with van der Waals surface area (Å²) in [5.41, 5.74) is -3.64. The molecule has 5 aliphatic rings. The minimum absolute atomic E-state index is 0.0480. The lowest BCUT2D eigenvalue weighted by Gasteiger charge is -2.49. The molecule has 2 amide bonds. The Morgan fingerprint density at radius 2 is 1.80 bits per heavy atom. The molecule has 18 heteroatoms. The summed E-state index contributed by atoms with van der Waals surface area (Å²) in [5, 5.41) is 12.8. The van der Waals surface area contributed by atoms with Gasteiger partial charge in [0.25, 0.3) is 0 Å². The highest BCUT2D eigenvalue weighted by Gasteiger charge is 2.54. The number of thiophene rings is 1. The number of anilines is 2. The van der Waals surface area contributed by atoms with Crippen LogP contribution in [0, 0.1) is 34.7 Å². The Morgan fingerprint density at radius 3 is 2.52 bits per heavy atom. The van der Waals surface area contributed by atoms with E-state index in [0.717, 1.165) is 19.2 Å². The summed E-state index contributed by atoms with van der Waals surface area (Å²) in [4.78, 5) is 46.2. The largest absolute Gasteiger partial charge is 0.461 e. The van der Waals surface area contributed by atoms with E-state index in [-0.39, 0.29) is 92.1 Å². The van der Waals surface area contributed by atoms with Gasteiger partial charge in [-0.25, -0.2) is 27.2 Å². The second-order valence-electron chi connectivity index (χ2n) is 19.1. The molecule has 1 N–H and O–H groups in total. The normalized spacial score (nSPS) is 26.0. The quantitative estimate of drug-likeness (QED) is 0.193. The van der Waals surface area contributed by atoms with Crippen LogP contribution in [0.5, 0.6) is 6.01 Å². The molecule has 0 unspecified atom stereocenters. The zero-order valence-electron chi connectivity index (χ0n) is 35.1. The molecule has 4 saturated heterocycles. The minimum Gasteiger partial charge on any atom is -0.461 e. The van der Waals surface area contributed by atoms with E-state index < -0.39 is 64.2 Å². The molecule has 3 aromatic heterocycles. The smallest absolute Gasteiger partial charge is 0.412 e. The molecule has 61 heavy (non-hydrogen) atoms. The number of ether oxygens (including phenoxy) is 3. The van der Waals surface area contributed by atoms with Crippen LogP contribution in [0.15, 0.2) is 6.20 Å². The molecular weight excluding hydrogens is 817 g/mol. The molecule has 0 saturated carbocycles. The maximum atomic E-state index is 17.7. The van der Waals surface area contributed by atoms with E-state index in [1.165, 1.54) is 0 Å². The van der Waals surface area contributed by atoms with Crippen molar-refractivity contribution in [2.75, 3.05) is 36.5 Å². The van der Waals surface area contributed by atoms with Crippen LogP contribution in [0.25, 0.3) is 32.2 Å². The molecule has 9 rings (SSSR count). The number of carbonyl (C=O) groups is 2. The number of halogens is 4. The number of fused-ring (bicyclic) bond motifs is 7. The van der Waals surface area contributed by atoms with Crippen LogP contribution in [0.4, 0.5) is 38.0 Å². The third-order valence-electron chi connectivity index (χ3n) is 12.6. The van der Waals surface area contributed by atoms with Crippen LogP contribution in [0.2, 0.25) is 0 Å². The number of alkyl halides is 1. The number of hydrogen-bond acceptors (Lipinski definition) is 12. The maximum Gasteiger partial charge on any atom is 0.412 e. The highest BCUT2D eigenvalue weighted by atomic mass is 32.1. The van der Waals surface area contributed by atoms with E-state index in [1.807, 2.05) is 38.7 Å². The van der Waals surface area contributed by atoms with Gasteiger partial charge in [0, 0.05) is 30.5 Å². The Labute approximate surface area is 354 Å². The molecule has 13 nitrogen and oxygen atoms in total. The second-order valence-corrected chi connectivity index (χ2v) is 20.1. The lowest BCUT2D eigenvalue weighted by molar-refractivity contribution is 0.00487. The summed E-state index contributed by atoms with van der Waals surface area (Å²) in [6.07, 6.45) is 1.71. The first-order chi connectivity index (χ1) is 28.8. The van der Waals surface area contributed by atoms with Gasteiger partial charge in [0.05, 0.1) is 56.8 Å². The van der Waals surface area contributed by atoms with Gasteiger partial charge in [-0.05, 0) is 86.1 Å². The molecule has 4 fully saturated rings. The van der Waals surface area contributed by atoms with Gasteiger partial charge in [0.1, 0.15) is 52.2 Å². The van der Waals surface area contributed by atoms with Crippen molar-refractivity contribution in [2.45, 2.75) is 128 Å². The minimum atomic E-state index is -1.13. The second kappa shape index (κ2) is 14.5. The molecule has 8 heterocycles. The van der Waals surface area contributed by atoms with E-state index in [0.29, 0.717) is 43.7 Å². The predicted molar refractivity (Wildman–Crippen MR) is 220 cm³/mol. The van der Waals surface area contributed by atoms with Crippen molar-refractivity contribution >= 4 is 55.3 Å². The number of nitriles is 1. The van der Waals surface area contributed by atoms with Crippen LogP contribution in [-0.4, -0.2) is 104 Å². The number of carbonyl (C=O) groups excluding carboxylic acids is 2. The van der Waals surface area contributed by atoms with Crippen LogP contribution < -0.4 is 15.0 Å². The van der Waals surface area contributed by atoms with E-state index in [4.69, 9.17) is 19.2 Å². The van der Waals surface area contributed by atoms with Crippen molar-refractivity contribution in [3.05, 3.63) is 34.8 Å². The van der Waals surface area contributed by atoms with Gasteiger partial charge >= 0.3 is 18.2 Å². The first kappa shape index (κ1) is 41.3. The van der Waals surface area contributed by atoms with Crippen molar-refractivity contribution in [1.82, 2.24) is 24.8 Å². The van der Waals surface area contributed by atoms with Crippen molar-refractivity contribution in [1.29, 1.82) is 5.26 Å². The third kappa shape index (κ3) is 6.95. The highest BCUT2D eigenvalue weighted by Crippen LogP contribution is 2.50. The van der Waals surface area contributed by atoms with Crippen LogP contribution >= 0.6 is 11.3 Å². The van der Waals surface area contributed by atoms with Crippen molar-refractivity contribution < 1.29 is 41.4 Å². The summed E-state index contributed by atoms with van der Waals surface area (Å²) in [5.74, 6) is -3.07. The number of nitrogens with one attached hydrogen (secondary N) is 1. The predicted octanol–water partition coefficient (Wildman–Crippen LogP) is 8.65. The Bertz CT molecular complexity index is 2540. The van der Waals surface area contributed by atoms with Crippen LogP contribution in [-0.2, 0) is 15.9 Å². The first-order valence-corrected chi connectivity index (χ1v) is 21.6. The van der Waals surface area contributed by atoms with Gasteiger partial charge in [0.2, 0.25) is 0 Å². The Morgan fingerprint density at radius 1 is 1.05 bits per heavy atom. The van der Waals surface area contributed by atoms with E-state index in [2.05, 4.69) is 20.2 Å². The number of hydrogen-bond donors (Lipinski definition) is 1. The SMILES string of the molecule is C[C@H]1Cc2c(F)c(-c3ncc(F)c4sc(NC(=O)OC(C)(C)C)c(C#N)c34)c(F)c3nc(OC[C@@]45CCCN4C[C@H](F)C5)nc(c23)N2C[C@H]3CC[C@@H]([C@H]12)N3C(=O)OC(C)(C)C. The Hall–Kier alpha value is -5.02. The number of nitrogens with zero attached hydrogens (tertiary/aromatic N) is 7. The number of rotatable bonds is 5. The van der Waals surface area contributed by atoms with E-state index >= 15 is 13.2 Å². The lowest BCUT2D eigenvalue weighted by Crippen LogP contribution is -2.63. The third-order valence-corrected chi connectivity index (χ3v) is 13.8. The molecule has 5 aliphatic heterocycles. The number of aromatic nitrogens is 3. The standard InChI is InChI=1S/C43H48F4N8O5S/c1-20-13-23-28-33(31(47)29(30(23)46)32-27-24(15-48)37(52-39(56)59-41(2,3)4)61-35(27)25(45)16-49-32)50-38(58-19-43-11-8-12-53(43)17-21(44)14-43)51-36(28)54-18-22-9-10-26(34(20)54)55(22)40(57)60-42(5,6)7/h16,20-22,26,34H,8-14,17-19H2,1-7H3,(H,52,56)/t20-,21+,22+,26-,34-,43-/m0/s1. The topological polar surface area (TPSA) is 146 Å². The fourth-order valence-electron chi connectivity index (χ4n) is 10.4. The van der Waals surface area contributed by atoms with Gasteiger partial charge < -0.3 is 19.1 Å². The zero-order valence-corrected chi connectivity index (χ0v) is 35.9. The maximum absolute atomic E-state index is 17.7. The Balaban J connectivity index is 1.22. The van der Waals surface area contributed by atoms with Gasteiger partial charge in [-0.3, -0.25) is 20.1 Å². The van der Waals surface area contributed by atoms with Gasteiger partial charge in [-0.2, -0.15) is 15.2 Å².